The highest BCUT2D eigenvalue weighted by molar-refractivity contribution is 5.33. The van der Waals surface area contributed by atoms with E-state index in [1.54, 1.807) is 0 Å². The van der Waals surface area contributed by atoms with Crippen molar-refractivity contribution in [1.29, 1.82) is 0 Å². The molecular formula is C16H26N4O. The van der Waals surface area contributed by atoms with Crippen LogP contribution in [0.25, 0.3) is 0 Å². The highest BCUT2D eigenvalue weighted by atomic mass is 16.5. The first-order valence-electron chi connectivity index (χ1n) is 8.18. The van der Waals surface area contributed by atoms with Gasteiger partial charge in [-0.15, -0.1) is 0 Å². The van der Waals surface area contributed by atoms with Crippen molar-refractivity contribution in [3.63, 3.8) is 0 Å². The van der Waals surface area contributed by atoms with E-state index >= 15 is 0 Å². The second-order valence-electron chi connectivity index (χ2n) is 6.08. The van der Waals surface area contributed by atoms with Crippen molar-refractivity contribution < 1.29 is 4.74 Å². The molecule has 0 bridgehead atoms. The molecule has 1 N–H and O–H groups in total. The Kier molecular flexibility index (Phi) is 4.70. The Hall–Kier alpha value is -1.20. The SMILES string of the molecule is CCOC1CCN(c2ncc(CNC3CC3)c(C)n2)CC1. The fourth-order valence-electron chi connectivity index (χ4n) is 2.81. The van der Waals surface area contributed by atoms with Crippen molar-refractivity contribution >= 4 is 5.95 Å². The summed E-state index contributed by atoms with van der Waals surface area (Å²) in [4.78, 5) is 11.5. The zero-order valence-corrected chi connectivity index (χ0v) is 13.1. The van der Waals surface area contributed by atoms with Crippen molar-refractivity contribution in [2.24, 2.45) is 0 Å². The van der Waals surface area contributed by atoms with Crippen molar-refractivity contribution in [2.45, 2.75) is 58.2 Å². The molecule has 1 aliphatic carbocycles. The predicted octanol–water partition coefficient (Wildman–Crippen LogP) is 2.04. The molecule has 0 atom stereocenters. The second kappa shape index (κ2) is 6.71. The molecule has 0 spiro atoms. The third-order valence-electron chi connectivity index (χ3n) is 4.35. The number of hydrogen-bond acceptors (Lipinski definition) is 5. The van der Waals surface area contributed by atoms with Crippen molar-refractivity contribution in [3.05, 3.63) is 17.5 Å². The zero-order valence-electron chi connectivity index (χ0n) is 13.1. The Bertz CT molecular complexity index is 467. The standard InChI is InChI=1S/C16H26N4O/c1-3-21-15-6-8-20(9-7-15)16-18-11-13(12(2)19-16)10-17-14-4-5-14/h11,14-15,17H,3-10H2,1-2H3. The van der Waals surface area contributed by atoms with Gasteiger partial charge >= 0.3 is 0 Å². The number of piperidine rings is 1. The predicted molar refractivity (Wildman–Crippen MR) is 83.5 cm³/mol. The van der Waals surface area contributed by atoms with Crippen molar-refractivity contribution in [3.8, 4) is 0 Å². The molecule has 116 valence electrons. The van der Waals surface area contributed by atoms with E-state index in [1.807, 2.05) is 6.20 Å². The number of rotatable bonds is 6. The molecule has 2 aliphatic rings. The molecule has 0 aromatic carbocycles. The molecule has 1 aromatic heterocycles. The monoisotopic (exact) mass is 290 g/mol. The molecule has 1 saturated carbocycles. The Morgan fingerprint density at radius 1 is 1.29 bits per heavy atom. The van der Waals surface area contributed by atoms with E-state index < -0.39 is 0 Å². The van der Waals surface area contributed by atoms with Crippen LogP contribution in [0.15, 0.2) is 6.20 Å². The minimum absolute atomic E-state index is 0.411. The van der Waals surface area contributed by atoms with Gasteiger partial charge in [-0.2, -0.15) is 0 Å². The minimum Gasteiger partial charge on any atom is -0.378 e. The van der Waals surface area contributed by atoms with Gasteiger partial charge in [0.25, 0.3) is 0 Å². The van der Waals surface area contributed by atoms with Crippen LogP contribution in [-0.2, 0) is 11.3 Å². The van der Waals surface area contributed by atoms with Gasteiger partial charge in [0.15, 0.2) is 0 Å². The fourth-order valence-corrected chi connectivity index (χ4v) is 2.81. The molecule has 0 radical (unpaired) electrons. The molecule has 2 heterocycles. The quantitative estimate of drug-likeness (QED) is 0.869. The molecule has 1 aliphatic heterocycles. The topological polar surface area (TPSA) is 50.3 Å². The molecule has 5 nitrogen and oxygen atoms in total. The minimum atomic E-state index is 0.411. The van der Waals surface area contributed by atoms with Crippen LogP contribution in [0.2, 0.25) is 0 Å². The lowest BCUT2D eigenvalue weighted by Crippen LogP contribution is -2.38. The summed E-state index contributed by atoms with van der Waals surface area (Å²) in [5.41, 5.74) is 2.31. The average molecular weight is 290 g/mol. The second-order valence-corrected chi connectivity index (χ2v) is 6.08. The van der Waals surface area contributed by atoms with Gasteiger partial charge < -0.3 is 15.0 Å². The number of nitrogens with zero attached hydrogens (tertiary/aromatic N) is 3. The molecule has 3 rings (SSSR count). The van der Waals surface area contributed by atoms with Gasteiger partial charge in [0.1, 0.15) is 0 Å². The van der Waals surface area contributed by atoms with Gasteiger partial charge in [-0.05, 0) is 39.5 Å². The van der Waals surface area contributed by atoms with Crippen molar-refractivity contribution in [1.82, 2.24) is 15.3 Å². The number of aromatic nitrogens is 2. The highest BCUT2D eigenvalue weighted by Crippen LogP contribution is 2.21. The maximum Gasteiger partial charge on any atom is 0.225 e. The first kappa shape index (κ1) is 14.7. The first-order valence-corrected chi connectivity index (χ1v) is 8.18. The Balaban J connectivity index is 1.57. The Morgan fingerprint density at radius 2 is 2.05 bits per heavy atom. The van der Waals surface area contributed by atoms with Gasteiger partial charge in [-0.25, -0.2) is 9.97 Å². The van der Waals surface area contributed by atoms with Gasteiger partial charge in [0.05, 0.1) is 6.10 Å². The molecule has 1 saturated heterocycles. The third kappa shape index (κ3) is 3.92. The zero-order chi connectivity index (χ0) is 14.7. The fraction of sp³-hybridized carbons (Fsp3) is 0.750. The summed E-state index contributed by atoms with van der Waals surface area (Å²) in [7, 11) is 0. The third-order valence-corrected chi connectivity index (χ3v) is 4.35. The van der Waals surface area contributed by atoms with E-state index in [2.05, 4.69) is 29.0 Å². The maximum atomic E-state index is 5.69. The van der Waals surface area contributed by atoms with Gasteiger partial charge in [-0.1, -0.05) is 0 Å². The number of anilines is 1. The molecule has 1 aromatic rings. The summed E-state index contributed by atoms with van der Waals surface area (Å²) in [6, 6.07) is 0.724. The van der Waals surface area contributed by atoms with E-state index in [4.69, 9.17) is 9.72 Å². The van der Waals surface area contributed by atoms with Crippen LogP contribution in [-0.4, -0.2) is 41.8 Å². The van der Waals surface area contributed by atoms with Crippen molar-refractivity contribution in [2.75, 3.05) is 24.6 Å². The average Bonchev–Trinajstić information content (AvgIpc) is 3.31. The van der Waals surface area contributed by atoms with Gasteiger partial charge in [0.2, 0.25) is 5.95 Å². The lowest BCUT2D eigenvalue weighted by molar-refractivity contribution is 0.0457. The summed E-state index contributed by atoms with van der Waals surface area (Å²) in [6.07, 6.45) is 7.17. The van der Waals surface area contributed by atoms with Crippen LogP contribution in [0, 0.1) is 6.92 Å². The Labute approximate surface area is 127 Å². The van der Waals surface area contributed by atoms with E-state index in [-0.39, 0.29) is 0 Å². The smallest absolute Gasteiger partial charge is 0.225 e. The summed E-state index contributed by atoms with van der Waals surface area (Å²) in [5.74, 6) is 0.873. The lowest BCUT2D eigenvalue weighted by atomic mass is 10.1. The molecule has 0 unspecified atom stereocenters. The summed E-state index contributed by atoms with van der Waals surface area (Å²) in [6.45, 7) is 7.83. The van der Waals surface area contributed by atoms with Gasteiger partial charge in [-0.3, -0.25) is 0 Å². The lowest BCUT2D eigenvalue weighted by Gasteiger charge is -2.31. The highest BCUT2D eigenvalue weighted by Gasteiger charge is 2.22. The van der Waals surface area contributed by atoms with E-state index in [0.717, 1.165) is 56.8 Å². The van der Waals surface area contributed by atoms with E-state index in [1.165, 1.54) is 18.4 Å². The number of hydrogen-bond donors (Lipinski definition) is 1. The normalized spacial score (nSPS) is 20.0. The summed E-state index contributed by atoms with van der Waals surface area (Å²) < 4.78 is 5.69. The molecule has 0 amide bonds. The van der Waals surface area contributed by atoms with Crippen LogP contribution in [0.1, 0.15) is 43.9 Å². The number of aryl methyl sites for hydroxylation is 1. The largest absolute Gasteiger partial charge is 0.378 e. The number of ether oxygens (including phenoxy) is 1. The summed E-state index contributed by atoms with van der Waals surface area (Å²) in [5, 5.41) is 3.52. The van der Waals surface area contributed by atoms with Crippen LogP contribution >= 0.6 is 0 Å². The molecule has 5 heteroatoms. The first-order chi connectivity index (χ1) is 10.3. The van der Waals surface area contributed by atoms with Crippen LogP contribution in [0.4, 0.5) is 5.95 Å². The maximum absolute atomic E-state index is 5.69. The van der Waals surface area contributed by atoms with Crippen LogP contribution in [0.5, 0.6) is 0 Å². The molecule has 2 fully saturated rings. The summed E-state index contributed by atoms with van der Waals surface area (Å²) >= 11 is 0. The Morgan fingerprint density at radius 3 is 2.67 bits per heavy atom. The molecular weight excluding hydrogens is 264 g/mol. The van der Waals surface area contributed by atoms with Gasteiger partial charge in [0, 0.05) is 49.7 Å². The van der Waals surface area contributed by atoms with E-state index in [9.17, 15) is 0 Å². The molecule has 21 heavy (non-hydrogen) atoms. The van der Waals surface area contributed by atoms with Crippen LogP contribution < -0.4 is 10.2 Å². The number of nitrogens with one attached hydrogen (secondary N) is 1. The van der Waals surface area contributed by atoms with E-state index in [0.29, 0.717) is 6.10 Å². The van der Waals surface area contributed by atoms with Crippen LogP contribution in [0.3, 0.4) is 0 Å².